The van der Waals surface area contributed by atoms with Crippen LogP contribution in [0.25, 0.3) is 0 Å². The molecule has 0 unspecified atom stereocenters. The molecule has 0 spiro atoms. The van der Waals surface area contributed by atoms with E-state index in [0.29, 0.717) is 5.69 Å². The molecule has 80 valence electrons. The molecule has 15 heavy (non-hydrogen) atoms. The average molecular weight is 204 g/mol. The Morgan fingerprint density at radius 3 is 3.07 bits per heavy atom. The zero-order valence-corrected chi connectivity index (χ0v) is 9.20. The quantitative estimate of drug-likeness (QED) is 0.786. The lowest BCUT2D eigenvalue weighted by molar-refractivity contribution is 0.367. The first kappa shape index (κ1) is 11.5. The van der Waals surface area contributed by atoms with Crippen LogP contribution in [-0.2, 0) is 0 Å². The highest BCUT2D eigenvalue weighted by Crippen LogP contribution is 2.06. The Kier molecular flexibility index (Phi) is 4.58. The summed E-state index contributed by atoms with van der Waals surface area (Å²) < 4.78 is 0. The molecule has 0 saturated carbocycles. The lowest BCUT2D eigenvalue weighted by Gasteiger charge is -2.14. The largest absolute Gasteiger partial charge is 0.384 e. The Morgan fingerprint density at radius 2 is 2.40 bits per heavy atom. The standard InChI is InChI=1S/C11H16N4/c1-3-15(2)7-6-14-10-4-5-13-11(8-10)9-12/h4-5,8H,3,6-7H2,1-2H3,(H,13,14). The van der Waals surface area contributed by atoms with Gasteiger partial charge in [-0.2, -0.15) is 5.26 Å². The minimum absolute atomic E-state index is 0.448. The summed E-state index contributed by atoms with van der Waals surface area (Å²) >= 11 is 0. The predicted molar refractivity (Wildman–Crippen MR) is 60.6 cm³/mol. The van der Waals surface area contributed by atoms with Crippen molar-refractivity contribution >= 4 is 5.69 Å². The minimum atomic E-state index is 0.448. The first-order valence-corrected chi connectivity index (χ1v) is 5.05. The van der Waals surface area contributed by atoms with Crippen LogP contribution in [0.3, 0.4) is 0 Å². The number of pyridine rings is 1. The molecule has 0 amide bonds. The van der Waals surface area contributed by atoms with E-state index in [4.69, 9.17) is 5.26 Å². The first-order chi connectivity index (χ1) is 7.26. The van der Waals surface area contributed by atoms with E-state index in [1.54, 1.807) is 12.3 Å². The van der Waals surface area contributed by atoms with Crippen molar-refractivity contribution in [3.63, 3.8) is 0 Å². The van der Waals surface area contributed by atoms with Crippen LogP contribution in [0, 0.1) is 11.3 Å². The molecular weight excluding hydrogens is 188 g/mol. The van der Waals surface area contributed by atoms with Gasteiger partial charge in [0.1, 0.15) is 11.8 Å². The Bertz CT molecular complexity index is 343. The van der Waals surface area contributed by atoms with E-state index in [9.17, 15) is 0 Å². The second kappa shape index (κ2) is 5.99. The summed E-state index contributed by atoms with van der Waals surface area (Å²) in [5.41, 5.74) is 1.40. The zero-order chi connectivity index (χ0) is 11.1. The number of nitrogens with zero attached hydrogens (tertiary/aromatic N) is 3. The molecule has 0 saturated heterocycles. The maximum Gasteiger partial charge on any atom is 0.142 e. The van der Waals surface area contributed by atoms with Gasteiger partial charge in [-0.1, -0.05) is 6.92 Å². The van der Waals surface area contributed by atoms with Gasteiger partial charge in [-0.15, -0.1) is 0 Å². The Balaban J connectivity index is 2.41. The lowest BCUT2D eigenvalue weighted by atomic mass is 10.3. The summed E-state index contributed by atoms with van der Waals surface area (Å²) in [6.07, 6.45) is 1.64. The van der Waals surface area contributed by atoms with Crippen LogP contribution in [0.2, 0.25) is 0 Å². The highest BCUT2D eigenvalue weighted by Gasteiger charge is 1.96. The summed E-state index contributed by atoms with van der Waals surface area (Å²) in [6, 6.07) is 5.64. The van der Waals surface area contributed by atoms with Crippen molar-refractivity contribution in [3.05, 3.63) is 24.0 Å². The molecule has 0 bridgehead atoms. The van der Waals surface area contributed by atoms with E-state index >= 15 is 0 Å². The van der Waals surface area contributed by atoms with Crippen molar-refractivity contribution < 1.29 is 0 Å². The second-order valence-electron chi connectivity index (χ2n) is 3.36. The van der Waals surface area contributed by atoms with Crippen molar-refractivity contribution in [3.8, 4) is 6.07 Å². The first-order valence-electron chi connectivity index (χ1n) is 5.05. The molecule has 1 heterocycles. The summed E-state index contributed by atoms with van der Waals surface area (Å²) in [4.78, 5) is 6.13. The number of hydrogen-bond acceptors (Lipinski definition) is 4. The van der Waals surface area contributed by atoms with Gasteiger partial charge in [-0.25, -0.2) is 4.98 Å². The SMILES string of the molecule is CCN(C)CCNc1ccnc(C#N)c1. The number of anilines is 1. The van der Waals surface area contributed by atoms with Gasteiger partial charge < -0.3 is 10.2 Å². The van der Waals surface area contributed by atoms with Crippen LogP contribution in [0.15, 0.2) is 18.3 Å². The predicted octanol–water partition coefficient (Wildman–Crippen LogP) is 1.32. The van der Waals surface area contributed by atoms with Crippen molar-refractivity contribution in [1.29, 1.82) is 5.26 Å². The van der Waals surface area contributed by atoms with Crippen LogP contribution in [0.4, 0.5) is 5.69 Å². The molecule has 0 aliphatic rings. The van der Waals surface area contributed by atoms with Crippen LogP contribution < -0.4 is 5.32 Å². The topological polar surface area (TPSA) is 52.0 Å². The van der Waals surface area contributed by atoms with Crippen LogP contribution >= 0.6 is 0 Å². The average Bonchev–Trinajstić information content (AvgIpc) is 2.29. The molecule has 1 rings (SSSR count). The fourth-order valence-electron chi connectivity index (χ4n) is 1.15. The van der Waals surface area contributed by atoms with Crippen molar-refractivity contribution in [2.24, 2.45) is 0 Å². The van der Waals surface area contributed by atoms with Gasteiger partial charge in [0.2, 0.25) is 0 Å². The summed E-state index contributed by atoms with van der Waals surface area (Å²) in [7, 11) is 2.08. The van der Waals surface area contributed by atoms with Crippen LogP contribution in [0.1, 0.15) is 12.6 Å². The lowest BCUT2D eigenvalue weighted by Crippen LogP contribution is -2.24. The fraction of sp³-hybridized carbons (Fsp3) is 0.455. The summed E-state index contributed by atoms with van der Waals surface area (Å²) in [5.74, 6) is 0. The highest BCUT2D eigenvalue weighted by atomic mass is 15.1. The normalized spacial score (nSPS) is 10.0. The third-order valence-electron chi connectivity index (χ3n) is 2.24. The zero-order valence-electron chi connectivity index (χ0n) is 9.20. The molecule has 0 aliphatic heterocycles. The molecule has 1 aromatic heterocycles. The van der Waals surface area contributed by atoms with Gasteiger partial charge in [0.05, 0.1) is 0 Å². The van der Waals surface area contributed by atoms with E-state index < -0.39 is 0 Å². The minimum Gasteiger partial charge on any atom is -0.384 e. The van der Waals surface area contributed by atoms with E-state index in [0.717, 1.165) is 25.3 Å². The van der Waals surface area contributed by atoms with Gasteiger partial charge in [0.15, 0.2) is 0 Å². The third-order valence-corrected chi connectivity index (χ3v) is 2.24. The number of rotatable bonds is 5. The van der Waals surface area contributed by atoms with Crippen molar-refractivity contribution in [1.82, 2.24) is 9.88 Å². The second-order valence-corrected chi connectivity index (χ2v) is 3.36. The Morgan fingerprint density at radius 1 is 1.60 bits per heavy atom. The molecular formula is C11H16N4. The summed E-state index contributed by atoms with van der Waals surface area (Å²) in [6.45, 7) is 5.03. The smallest absolute Gasteiger partial charge is 0.142 e. The van der Waals surface area contributed by atoms with Crippen molar-refractivity contribution in [2.45, 2.75) is 6.92 Å². The number of aromatic nitrogens is 1. The molecule has 4 nitrogen and oxygen atoms in total. The number of nitriles is 1. The van der Waals surface area contributed by atoms with Gasteiger partial charge in [-0.3, -0.25) is 0 Å². The molecule has 1 N–H and O–H groups in total. The molecule has 0 radical (unpaired) electrons. The molecule has 1 aromatic rings. The Labute approximate surface area is 90.5 Å². The van der Waals surface area contributed by atoms with Gasteiger partial charge in [0, 0.05) is 25.0 Å². The van der Waals surface area contributed by atoms with Crippen molar-refractivity contribution in [2.75, 3.05) is 32.0 Å². The Hall–Kier alpha value is -1.60. The fourth-order valence-corrected chi connectivity index (χ4v) is 1.15. The molecule has 0 aliphatic carbocycles. The van der Waals surface area contributed by atoms with Crippen LogP contribution in [0.5, 0.6) is 0 Å². The maximum absolute atomic E-state index is 8.67. The van der Waals surface area contributed by atoms with Gasteiger partial charge >= 0.3 is 0 Å². The summed E-state index contributed by atoms with van der Waals surface area (Å²) in [5, 5.41) is 11.9. The molecule has 0 fully saturated rings. The van der Waals surface area contributed by atoms with Crippen LogP contribution in [-0.4, -0.2) is 36.6 Å². The van der Waals surface area contributed by atoms with E-state index in [1.165, 1.54) is 0 Å². The van der Waals surface area contributed by atoms with E-state index in [-0.39, 0.29) is 0 Å². The van der Waals surface area contributed by atoms with E-state index in [1.807, 2.05) is 12.1 Å². The number of hydrogen-bond donors (Lipinski definition) is 1. The number of likely N-dealkylation sites (N-methyl/N-ethyl adjacent to an activating group) is 1. The molecule has 0 atom stereocenters. The molecule has 0 aromatic carbocycles. The third kappa shape index (κ3) is 3.96. The highest BCUT2D eigenvalue weighted by molar-refractivity contribution is 5.45. The maximum atomic E-state index is 8.67. The van der Waals surface area contributed by atoms with Gasteiger partial charge in [-0.05, 0) is 25.7 Å². The van der Waals surface area contributed by atoms with Gasteiger partial charge in [0.25, 0.3) is 0 Å². The molecule has 4 heteroatoms. The van der Waals surface area contributed by atoms with E-state index in [2.05, 4.69) is 29.2 Å². The number of nitrogens with one attached hydrogen (secondary N) is 1. The monoisotopic (exact) mass is 204 g/mol.